The molecule has 2 fully saturated rings. The van der Waals surface area contributed by atoms with Gasteiger partial charge in [0.15, 0.2) is 0 Å². The molecule has 1 saturated heterocycles. The molecule has 4 heteroatoms. The van der Waals surface area contributed by atoms with Crippen molar-refractivity contribution in [1.29, 1.82) is 0 Å². The lowest BCUT2D eigenvalue weighted by atomic mass is 9.88. The molecular formula is C18H22N2OS. The highest BCUT2D eigenvalue weighted by Gasteiger charge is 2.35. The number of thiazole rings is 1. The van der Waals surface area contributed by atoms with Gasteiger partial charge in [0.25, 0.3) is 0 Å². The first kappa shape index (κ1) is 14.2. The number of rotatable bonds is 2. The first-order chi connectivity index (χ1) is 10.8. The predicted octanol–water partition coefficient (Wildman–Crippen LogP) is 4.54. The summed E-state index contributed by atoms with van der Waals surface area (Å²) in [6, 6.07) is 8.50. The molecule has 2 aromatic rings. The van der Waals surface area contributed by atoms with Crippen LogP contribution in [0.5, 0.6) is 0 Å². The second-order valence-electron chi connectivity index (χ2n) is 6.54. The van der Waals surface area contributed by atoms with Gasteiger partial charge < -0.3 is 4.90 Å². The molecule has 4 rings (SSSR count). The molecule has 1 aliphatic heterocycles. The summed E-state index contributed by atoms with van der Waals surface area (Å²) >= 11 is 1.76. The van der Waals surface area contributed by atoms with E-state index in [1.807, 2.05) is 6.07 Å². The van der Waals surface area contributed by atoms with E-state index in [1.54, 1.807) is 11.3 Å². The van der Waals surface area contributed by atoms with Crippen LogP contribution < -0.4 is 0 Å². The van der Waals surface area contributed by atoms with Crippen LogP contribution in [0.4, 0.5) is 0 Å². The van der Waals surface area contributed by atoms with Crippen LogP contribution in [0.15, 0.2) is 24.3 Å². The Labute approximate surface area is 135 Å². The Morgan fingerprint density at radius 2 is 1.91 bits per heavy atom. The van der Waals surface area contributed by atoms with E-state index in [1.165, 1.54) is 24.0 Å². The molecule has 1 aromatic carbocycles. The molecule has 1 atom stereocenters. The zero-order chi connectivity index (χ0) is 14.9. The Hall–Kier alpha value is -1.42. The molecule has 0 unspecified atom stereocenters. The van der Waals surface area contributed by atoms with Gasteiger partial charge in [-0.25, -0.2) is 4.98 Å². The Morgan fingerprint density at radius 3 is 2.73 bits per heavy atom. The lowest BCUT2D eigenvalue weighted by Crippen LogP contribution is -2.36. The Bertz CT molecular complexity index is 642. The van der Waals surface area contributed by atoms with Gasteiger partial charge in [0.2, 0.25) is 5.91 Å². The maximum atomic E-state index is 12.9. The van der Waals surface area contributed by atoms with Crippen molar-refractivity contribution in [3.63, 3.8) is 0 Å². The summed E-state index contributed by atoms with van der Waals surface area (Å²) in [5.41, 5.74) is 1.07. The minimum Gasteiger partial charge on any atom is -0.333 e. The van der Waals surface area contributed by atoms with E-state index in [4.69, 9.17) is 4.98 Å². The quantitative estimate of drug-likeness (QED) is 0.815. The average molecular weight is 314 g/mol. The van der Waals surface area contributed by atoms with Crippen molar-refractivity contribution in [2.24, 2.45) is 5.92 Å². The van der Waals surface area contributed by atoms with Crippen LogP contribution in [0, 0.1) is 5.92 Å². The molecule has 22 heavy (non-hydrogen) atoms. The fraction of sp³-hybridized carbons (Fsp3) is 0.556. The van der Waals surface area contributed by atoms with E-state index in [0.717, 1.165) is 42.8 Å². The maximum Gasteiger partial charge on any atom is 0.226 e. The van der Waals surface area contributed by atoms with Gasteiger partial charge in [0, 0.05) is 12.5 Å². The van der Waals surface area contributed by atoms with E-state index in [-0.39, 0.29) is 12.0 Å². The second kappa shape index (κ2) is 5.99. The number of fused-ring (bicyclic) bond motifs is 1. The summed E-state index contributed by atoms with van der Waals surface area (Å²) < 4.78 is 1.23. The molecule has 1 saturated carbocycles. The van der Waals surface area contributed by atoms with Gasteiger partial charge >= 0.3 is 0 Å². The molecule has 3 nitrogen and oxygen atoms in total. The number of para-hydroxylation sites is 1. The molecule has 2 heterocycles. The fourth-order valence-electron chi connectivity index (χ4n) is 3.90. The van der Waals surface area contributed by atoms with Gasteiger partial charge in [0.1, 0.15) is 5.01 Å². The number of aromatic nitrogens is 1. The van der Waals surface area contributed by atoms with Gasteiger partial charge in [-0.15, -0.1) is 11.3 Å². The van der Waals surface area contributed by atoms with Gasteiger partial charge in [-0.3, -0.25) is 4.79 Å². The Morgan fingerprint density at radius 1 is 1.09 bits per heavy atom. The molecule has 1 amide bonds. The minimum atomic E-state index is 0.215. The zero-order valence-corrected chi connectivity index (χ0v) is 13.6. The largest absolute Gasteiger partial charge is 0.333 e. The predicted molar refractivity (Wildman–Crippen MR) is 89.9 cm³/mol. The van der Waals surface area contributed by atoms with Crippen molar-refractivity contribution in [3.8, 4) is 0 Å². The Balaban J connectivity index is 1.58. The third-order valence-electron chi connectivity index (χ3n) is 5.09. The highest BCUT2D eigenvalue weighted by Crippen LogP contribution is 2.38. The first-order valence-corrected chi connectivity index (χ1v) is 9.30. The van der Waals surface area contributed by atoms with Gasteiger partial charge in [-0.2, -0.15) is 0 Å². The Kier molecular flexibility index (Phi) is 3.87. The molecule has 1 aromatic heterocycles. The van der Waals surface area contributed by atoms with Crippen LogP contribution in [0.2, 0.25) is 0 Å². The summed E-state index contributed by atoms with van der Waals surface area (Å²) in [5, 5.41) is 1.13. The minimum absolute atomic E-state index is 0.215. The van der Waals surface area contributed by atoms with Crippen LogP contribution in [-0.4, -0.2) is 22.3 Å². The van der Waals surface area contributed by atoms with E-state index < -0.39 is 0 Å². The standard InChI is InChI=1S/C18H22N2OS/c21-18(13-7-2-1-3-8-13)20-12-6-10-15(20)17-19-14-9-4-5-11-16(14)22-17/h4-5,9,11,13,15H,1-3,6-8,10,12H2/t15-/m1/s1. The van der Waals surface area contributed by atoms with Gasteiger partial charge in [-0.05, 0) is 37.8 Å². The number of amides is 1. The van der Waals surface area contributed by atoms with Crippen LogP contribution >= 0.6 is 11.3 Å². The lowest BCUT2D eigenvalue weighted by Gasteiger charge is -2.29. The number of benzene rings is 1. The van der Waals surface area contributed by atoms with Crippen molar-refractivity contribution >= 4 is 27.5 Å². The summed E-state index contributed by atoms with van der Waals surface area (Å²) in [5.74, 6) is 0.658. The highest BCUT2D eigenvalue weighted by molar-refractivity contribution is 7.18. The molecule has 0 radical (unpaired) electrons. The molecule has 0 N–H and O–H groups in total. The monoisotopic (exact) mass is 314 g/mol. The summed E-state index contributed by atoms with van der Waals surface area (Å²) in [6.07, 6.45) is 8.08. The van der Waals surface area contributed by atoms with Crippen molar-refractivity contribution in [2.45, 2.75) is 51.0 Å². The topological polar surface area (TPSA) is 33.2 Å². The molecule has 2 aliphatic rings. The summed E-state index contributed by atoms with van der Waals surface area (Å²) in [6.45, 7) is 0.913. The van der Waals surface area contributed by atoms with Crippen LogP contribution in [0.1, 0.15) is 56.0 Å². The van der Waals surface area contributed by atoms with Crippen molar-refractivity contribution in [1.82, 2.24) is 9.88 Å². The normalized spacial score (nSPS) is 23.3. The average Bonchev–Trinajstić information content (AvgIpc) is 3.21. The SMILES string of the molecule is O=C(C1CCCCC1)N1CCC[C@@H]1c1nc2ccccc2s1. The van der Waals surface area contributed by atoms with E-state index in [0.29, 0.717) is 5.91 Å². The number of nitrogens with zero attached hydrogens (tertiary/aromatic N) is 2. The van der Waals surface area contributed by atoms with Crippen LogP contribution in [0.3, 0.4) is 0 Å². The van der Waals surface area contributed by atoms with E-state index >= 15 is 0 Å². The summed E-state index contributed by atoms with van der Waals surface area (Å²) in [7, 11) is 0. The first-order valence-electron chi connectivity index (χ1n) is 8.49. The molecule has 0 spiro atoms. The van der Waals surface area contributed by atoms with Crippen LogP contribution in [-0.2, 0) is 4.79 Å². The number of carbonyl (C=O) groups is 1. The fourth-order valence-corrected chi connectivity index (χ4v) is 5.02. The lowest BCUT2D eigenvalue weighted by molar-refractivity contribution is -0.137. The molecule has 0 bridgehead atoms. The van der Waals surface area contributed by atoms with Crippen molar-refractivity contribution in [2.75, 3.05) is 6.54 Å². The highest BCUT2D eigenvalue weighted by atomic mass is 32.1. The number of hydrogen-bond acceptors (Lipinski definition) is 3. The van der Waals surface area contributed by atoms with Crippen molar-refractivity contribution < 1.29 is 4.79 Å². The molecular weight excluding hydrogens is 292 g/mol. The molecule has 116 valence electrons. The zero-order valence-electron chi connectivity index (χ0n) is 12.8. The third kappa shape index (κ3) is 2.54. The smallest absolute Gasteiger partial charge is 0.226 e. The number of hydrogen-bond donors (Lipinski definition) is 0. The number of carbonyl (C=O) groups excluding carboxylic acids is 1. The number of likely N-dealkylation sites (tertiary alicyclic amines) is 1. The van der Waals surface area contributed by atoms with Gasteiger partial charge in [0.05, 0.1) is 16.3 Å². The van der Waals surface area contributed by atoms with Crippen molar-refractivity contribution in [3.05, 3.63) is 29.3 Å². The maximum absolute atomic E-state index is 12.9. The third-order valence-corrected chi connectivity index (χ3v) is 6.22. The molecule has 1 aliphatic carbocycles. The van der Waals surface area contributed by atoms with Gasteiger partial charge in [-0.1, -0.05) is 31.4 Å². The van der Waals surface area contributed by atoms with E-state index in [9.17, 15) is 4.79 Å². The van der Waals surface area contributed by atoms with E-state index in [2.05, 4.69) is 23.1 Å². The van der Waals surface area contributed by atoms with Crippen LogP contribution in [0.25, 0.3) is 10.2 Å². The summed E-state index contributed by atoms with van der Waals surface area (Å²) in [4.78, 5) is 19.8. The second-order valence-corrected chi connectivity index (χ2v) is 7.61.